The van der Waals surface area contributed by atoms with E-state index in [1.54, 1.807) is 0 Å². The van der Waals surface area contributed by atoms with Crippen LogP contribution in [0.4, 0.5) is 0 Å². The van der Waals surface area contributed by atoms with Crippen molar-refractivity contribution in [3.8, 4) is 0 Å². The Hall–Kier alpha value is -1.49. The highest BCUT2D eigenvalue weighted by atomic mass is 31.2. The van der Waals surface area contributed by atoms with Crippen LogP contribution in [0.25, 0.3) is 0 Å². The van der Waals surface area contributed by atoms with E-state index in [9.17, 15) is 19.0 Å². The van der Waals surface area contributed by atoms with Gasteiger partial charge in [0.15, 0.2) is 0 Å². The van der Waals surface area contributed by atoms with Crippen LogP contribution in [0.15, 0.2) is 0 Å². The highest BCUT2D eigenvalue weighted by Crippen LogP contribution is 2.42. The summed E-state index contributed by atoms with van der Waals surface area (Å²) in [5.74, 6) is -3.39. The summed E-state index contributed by atoms with van der Waals surface area (Å²) in [6.45, 7) is 1.50. The molecule has 0 rings (SSSR count). The van der Waals surface area contributed by atoms with Gasteiger partial charge < -0.3 is 15.1 Å². The molecule has 0 aliphatic carbocycles. The van der Waals surface area contributed by atoms with Crippen LogP contribution in [0, 0.1) is 5.92 Å². The van der Waals surface area contributed by atoms with Crippen molar-refractivity contribution in [2.24, 2.45) is 5.92 Å². The monoisotopic (exact) mass is 282 g/mol. The van der Waals surface area contributed by atoms with Gasteiger partial charge in [-0.25, -0.2) is 0 Å². The molecule has 0 saturated heterocycles. The van der Waals surface area contributed by atoms with Gasteiger partial charge in [0.25, 0.3) is 0 Å². The Morgan fingerprint density at radius 3 is 2.00 bits per heavy atom. The van der Waals surface area contributed by atoms with Crippen molar-refractivity contribution in [2.45, 2.75) is 19.8 Å². The van der Waals surface area contributed by atoms with E-state index in [4.69, 9.17) is 19.8 Å². The Morgan fingerprint density at radius 2 is 1.72 bits per heavy atom. The number of rotatable bonds is 7. The van der Waals surface area contributed by atoms with Gasteiger partial charge in [-0.2, -0.15) is 9.59 Å². The van der Waals surface area contributed by atoms with Crippen molar-refractivity contribution in [1.29, 1.82) is 0 Å². The molecule has 2 unspecified atom stereocenters. The molecule has 0 aliphatic heterocycles. The second kappa shape index (κ2) is 9.53. The van der Waals surface area contributed by atoms with Crippen molar-refractivity contribution in [2.75, 3.05) is 12.3 Å². The van der Waals surface area contributed by atoms with Gasteiger partial charge in [0, 0.05) is 18.7 Å². The maximum Gasteiger partial charge on any atom is 0.373 e. The Kier molecular flexibility index (Phi) is 9.99. The lowest BCUT2D eigenvalue weighted by Gasteiger charge is -2.14. The Balaban J connectivity index is 0. The summed E-state index contributed by atoms with van der Waals surface area (Å²) in [5.41, 5.74) is 0. The Labute approximate surface area is 103 Å². The molecule has 0 amide bonds. The molecular weight excluding hydrogens is 267 g/mol. The van der Waals surface area contributed by atoms with Crippen LogP contribution in [-0.4, -0.2) is 45.5 Å². The third kappa shape index (κ3) is 11.0. The predicted molar refractivity (Wildman–Crippen MR) is 58.2 cm³/mol. The van der Waals surface area contributed by atoms with Crippen molar-refractivity contribution in [1.82, 2.24) is 0 Å². The second-order valence-corrected chi connectivity index (χ2v) is 6.09. The molecule has 0 spiro atoms. The van der Waals surface area contributed by atoms with Crippen LogP contribution in [0.2, 0.25) is 0 Å². The van der Waals surface area contributed by atoms with Gasteiger partial charge in [-0.15, -0.1) is 0 Å². The smallest absolute Gasteiger partial charge is 0.373 e. The zero-order valence-corrected chi connectivity index (χ0v) is 10.6. The molecule has 0 aliphatic rings. The highest BCUT2D eigenvalue weighted by Gasteiger charge is 2.27. The van der Waals surface area contributed by atoms with Crippen LogP contribution in [0.3, 0.4) is 0 Å². The van der Waals surface area contributed by atoms with Crippen molar-refractivity contribution in [3.05, 3.63) is 0 Å². The predicted octanol–water partition coefficient (Wildman–Crippen LogP) is 0.259. The fraction of sp³-hybridized carbons (Fsp3) is 0.667. The van der Waals surface area contributed by atoms with Crippen LogP contribution in [0.1, 0.15) is 19.8 Å². The molecule has 3 N–H and O–H groups in total. The molecule has 104 valence electrons. The molecule has 18 heavy (non-hydrogen) atoms. The standard InChI is InChI=1S/C8H15O6P.CO2/c1-2-15(13,14)5-6(8(11)12)3-4-7(9)10;2-1-3/h6H,2-5H2,1H3,(H,9,10)(H,11,12)(H,13,14);. The molecular formula is C9H15O8P. The lowest BCUT2D eigenvalue weighted by molar-refractivity contribution is -0.191. The van der Waals surface area contributed by atoms with E-state index in [2.05, 4.69) is 0 Å². The van der Waals surface area contributed by atoms with Gasteiger partial charge in [0.1, 0.15) is 0 Å². The molecule has 0 aromatic carbocycles. The van der Waals surface area contributed by atoms with Gasteiger partial charge in [0.2, 0.25) is 7.37 Å². The van der Waals surface area contributed by atoms with Crippen LogP contribution in [-0.2, 0) is 23.7 Å². The first-order chi connectivity index (χ1) is 8.20. The average Bonchev–Trinajstić information content (AvgIpc) is 2.24. The molecule has 0 saturated carbocycles. The second-order valence-electron chi connectivity index (χ2n) is 3.40. The molecule has 8 nitrogen and oxygen atoms in total. The van der Waals surface area contributed by atoms with E-state index >= 15 is 0 Å². The summed E-state index contributed by atoms with van der Waals surface area (Å²) in [5, 5.41) is 17.1. The first-order valence-electron chi connectivity index (χ1n) is 4.94. The van der Waals surface area contributed by atoms with E-state index in [0.29, 0.717) is 0 Å². The SMILES string of the molecule is CCP(=O)(O)CC(CCC(=O)O)C(=O)O.O=C=O. The quantitative estimate of drug-likeness (QED) is 0.563. The fourth-order valence-corrected chi connectivity index (χ4v) is 2.35. The molecule has 9 heteroatoms. The van der Waals surface area contributed by atoms with E-state index in [-0.39, 0.29) is 31.3 Å². The van der Waals surface area contributed by atoms with E-state index < -0.39 is 25.2 Å². The summed E-state index contributed by atoms with van der Waals surface area (Å²) in [6, 6.07) is 0. The maximum atomic E-state index is 11.3. The normalized spacial score (nSPS) is 14.3. The molecule has 0 aromatic heterocycles. The minimum Gasteiger partial charge on any atom is -0.481 e. The number of carbonyl (C=O) groups excluding carboxylic acids is 2. The molecule has 0 aromatic rings. The lowest BCUT2D eigenvalue weighted by atomic mass is 10.1. The van der Waals surface area contributed by atoms with Crippen LogP contribution in [0.5, 0.6) is 0 Å². The summed E-state index contributed by atoms with van der Waals surface area (Å²) >= 11 is 0. The Morgan fingerprint density at radius 1 is 1.28 bits per heavy atom. The van der Waals surface area contributed by atoms with E-state index in [1.807, 2.05) is 0 Å². The first-order valence-corrected chi connectivity index (χ1v) is 6.97. The van der Waals surface area contributed by atoms with Gasteiger partial charge in [0.05, 0.1) is 5.92 Å². The van der Waals surface area contributed by atoms with Gasteiger partial charge in [-0.05, 0) is 6.42 Å². The number of aliphatic carboxylic acids is 2. The highest BCUT2D eigenvalue weighted by molar-refractivity contribution is 7.58. The van der Waals surface area contributed by atoms with E-state index in [0.717, 1.165) is 0 Å². The number of hydrogen-bond acceptors (Lipinski definition) is 5. The van der Waals surface area contributed by atoms with Crippen molar-refractivity contribution < 1.29 is 38.8 Å². The maximum absolute atomic E-state index is 11.3. The first kappa shape index (κ1) is 18.9. The summed E-state index contributed by atoms with van der Waals surface area (Å²) < 4.78 is 11.3. The van der Waals surface area contributed by atoms with Crippen LogP contribution >= 0.6 is 7.37 Å². The van der Waals surface area contributed by atoms with Crippen molar-refractivity contribution in [3.63, 3.8) is 0 Å². The van der Waals surface area contributed by atoms with Crippen molar-refractivity contribution >= 4 is 25.5 Å². The lowest BCUT2D eigenvalue weighted by Crippen LogP contribution is -2.19. The minimum atomic E-state index is -3.42. The Bertz CT molecular complexity index is 358. The number of carboxylic acids is 2. The fourth-order valence-electron chi connectivity index (χ4n) is 1.06. The molecule has 2 atom stereocenters. The number of carboxylic acid groups (broad SMARTS) is 2. The molecule has 0 heterocycles. The van der Waals surface area contributed by atoms with Gasteiger partial charge in [-0.1, -0.05) is 6.92 Å². The van der Waals surface area contributed by atoms with Crippen LogP contribution < -0.4 is 0 Å². The zero-order chi connectivity index (χ0) is 14.8. The largest absolute Gasteiger partial charge is 0.481 e. The summed E-state index contributed by atoms with van der Waals surface area (Å²) in [4.78, 5) is 46.4. The molecule has 0 fully saturated rings. The van der Waals surface area contributed by atoms with Gasteiger partial charge in [-0.3, -0.25) is 14.2 Å². The topological polar surface area (TPSA) is 146 Å². The number of carbonyl (C=O) groups is 2. The van der Waals surface area contributed by atoms with Gasteiger partial charge >= 0.3 is 18.1 Å². The molecule has 0 bridgehead atoms. The third-order valence-corrected chi connectivity index (χ3v) is 4.06. The number of hydrogen-bond donors (Lipinski definition) is 3. The van der Waals surface area contributed by atoms with E-state index in [1.165, 1.54) is 6.92 Å². The minimum absolute atomic E-state index is 0.00382. The zero-order valence-electron chi connectivity index (χ0n) is 9.74. The summed E-state index contributed by atoms with van der Waals surface area (Å²) in [7, 11) is -3.42. The summed E-state index contributed by atoms with van der Waals surface area (Å²) in [6.07, 6.45) is -0.522. The molecule has 0 radical (unpaired) electrons. The average molecular weight is 282 g/mol. The third-order valence-electron chi connectivity index (χ3n) is 2.06.